The van der Waals surface area contributed by atoms with Gasteiger partial charge in [-0.1, -0.05) is 0 Å². The van der Waals surface area contributed by atoms with Crippen molar-refractivity contribution in [2.75, 3.05) is 0 Å². The molecule has 0 rings (SSSR count). The van der Waals surface area contributed by atoms with E-state index in [2.05, 4.69) is 11.7 Å². The molecule has 0 aromatic rings. The molecule has 0 atom stereocenters. The molecule has 0 spiro atoms. The Bertz CT molecular complexity index is 210. The molecule has 0 aliphatic carbocycles. The van der Waals surface area contributed by atoms with Gasteiger partial charge in [0.2, 0.25) is 0 Å². The Morgan fingerprint density at radius 2 is 0.909 bits per heavy atom. The van der Waals surface area contributed by atoms with Crippen LogP contribution in [-0.2, 0) is 19.5 Å². The molecule has 11 heavy (non-hydrogen) atoms. The van der Waals surface area contributed by atoms with Gasteiger partial charge in [0.25, 0.3) is 0 Å². The van der Waals surface area contributed by atoms with Crippen LogP contribution >= 0.6 is 11.7 Å². The number of rotatable bonds is 0. The Hall–Kier alpha value is 1.13. The topological polar surface area (TPSA) is 129 Å². The van der Waals surface area contributed by atoms with Crippen molar-refractivity contribution in [1.29, 1.82) is 0 Å². The van der Waals surface area contributed by atoms with Gasteiger partial charge in [-0.3, -0.25) is 13.7 Å². The normalized spacial score (nSPS) is 10.5. The molecule has 0 fully saturated rings. The van der Waals surface area contributed by atoms with Crippen molar-refractivity contribution in [3.8, 4) is 0 Å². The maximum atomic E-state index is 9.05. The average Bonchev–Trinajstić information content (AvgIpc) is 1.12. The molecule has 0 radical (unpaired) electrons. The fraction of sp³-hybridized carbons (Fsp3) is 0. The molecular weight excluding hydrogens is 231 g/mol. The number of hydrogen-bond acceptors (Lipinski definition) is 4. The molecule has 0 saturated carbocycles. The van der Waals surface area contributed by atoms with E-state index in [0.29, 0.717) is 0 Å². The molecule has 0 aliphatic rings. The zero-order valence-electron chi connectivity index (χ0n) is 4.24. The third-order valence-electron chi connectivity index (χ3n) is 0. The Kier molecular flexibility index (Phi) is 10.9. The second-order valence-electron chi connectivity index (χ2n) is 0.896. The van der Waals surface area contributed by atoms with Crippen molar-refractivity contribution in [2.24, 2.45) is 0 Å². The van der Waals surface area contributed by atoms with E-state index < -0.39 is 19.5 Å². The minimum atomic E-state index is -4.67. The van der Waals surface area contributed by atoms with Gasteiger partial charge in [-0.2, -0.15) is 16.8 Å². The molecule has 7 nitrogen and oxygen atoms in total. The summed E-state index contributed by atoms with van der Waals surface area (Å²) in [6.45, 7) is 0. The second-order valence-corrected chi connectivity index (χ2v) is 4.07. The fourth-order valence-corrected chi connectivity index (χ4v) is 0. The van der Waals surface area contributed by atoms with Gasteiger partial charge in [-0.05, 0) is 11.7 Å². The van der Waals surface area contributed by atoms with Crippen LogP contribution in [0.3, 0.4) is 0 Å². The standard InChI is InChI=1S/Na.H2O4S.H2O3S2.H/c;2*1-5(2,3)4;/h;2*(H2,1,2,3,4);. The van der Waals surface area contributed by atoms with E-state index in [-0.39, 0.29) is 29.6 Å². The van der Waals surface area contributed by atoms with Gasteiger partial charge in [-0.25, -0.2) is 0 Å². The molecule has 66 valence electrons. The van der Waals surface area contributed by atoms with E-state index in [1.165, 1.54) is 0 Å². The molecule has 0 unspecified atom stereocenters. The van der Waals surface area contributed by atoms with Crippen molar-refractivity contribution in [3.05, 3.63) is 0 Å². The van der Waals surface area contributed by atoms with Gasteiger partial charge in [-0.15, -0.1) is 0 Å². The van der Waals surface area contributed by atoms with Crippen molar-refractivity contribution in [1.82, 2.24) is 0 Å². The van der Waals surface area contributed by atoms with Crippen LogP contribution in [0.15, 0.2) is 0 Å². The molecule has 11 heteroatoms. The van der Waals surface area contributed by atoms with Crippen LogP contribution < -0.4 is 0 Å². The van der Waals surface area contributed by atoms with Crippen molar-refractivity contribution < 1.29 is 30.5 Å². The first-order valence-electron chi connectivity index (χ1n) is 1.40. The molecular formula is H5NaO7S3. The van der Waals surface area contributed by atoms with Crippen LogP contribution in [0.1, 0.15) is 0 Å². The van der Waals surface area contributed by atoms with Crippen LogP contribution in [0.25, 0.3) is 0 Å². The minimum absolute atomic E-state index is 0. The maximum absolute atomic E-state index is 9.05. The zero-order valence-corrected chi connectivity index (χ0v) is 6.77. The predicted molar refractivity (Wildman–Crippen MR) is 41.9 cm³/mol. The van der Waals surface area contributed by atoms with Crippen LogP contribution in [0.5, 0.6) is 0 Å². The van der Waals surface area contributed by atoms with E-state index >= 15 is 0 Å². The quantitative estimate of drug-likeness (QED) is 0.173. The average molecular weight is 236 g/mol. The van der Waals surface area contributed by atoms with Gasteiger partial charge in [0.05, 0.1) is 0 Å². The van der Waals surface area contributed by atoms with E-state index in [9.17, 15) is 0 Å². The van der Waals surface area contributed by atoms with Crippen molar-refractivity contribution in [2.45, 2.75) is 0 Å². The van der Waals surface area contributed by atoms with Crippen molar-refractivity contribution in [3.63, 3.8) is 0 Å². The Morgan fingerprint density at radius 3 is 0.909 bits per heavy atom. The fourth-order valence-electron chi connectivity index (χ4n) is 0. The SMILES string of the molecule is O=S(=O)(O)O.O=S(=O)(O)S.[NaH]. The third kappa shape index (κ3) is 727. The first-order valence-corrected chi connectivity index (χ1v) is 5.29. The van der Waals surface area contributed by atoms with E-state index in [4.69, 9.17) is 30.5 Å². The summed E-state index contributed by atoms with van der Waals surface area (Å²) in [7, 11) is -8.64. The van der Waals surface area contributed by atoms with Gasteiger partial charge >= 0.3 is 49.1 Å². The monoisotopic (exact) mass is 236 g/mol. The van der Waals surface area contributed by atoms with Crippen LogP contribution in [0.2, 0.25) is 0 Å². The summed E-state index contributed by atoms with van der Waals surface area (Å²) in [5.41, 5.74) is 0. The summed E-state index contributed by atoms with van der Waals surface area (Å²) in [6.07, 6.45) is 0. The number of thiol groups is 1. The summed E-state index contributed by atoms with van der Waals surface area (Å²) in [4.78, 5) is 0. The van der Waals surface area contributed by atoms with Gasteiger partial charge in [0, 0.05) is 0 Å². The molecule has 3 N–H and O–H groups in total. The third-order valence-corrected chi connectivity index (χ3v) is 0. The molecule has 0 aromatic heterocycles. The Balaban J connectivity index is -0.000000107. The van der Waals surface area contributed by atoms with E-state index in [1.807, 2.05) is 0 Å². The van der Waals surface area contributed by atoms with Gasteiger partial charge in [0.15, 0.2) is 0 Å². The summed E-state index contributed by atoms with van der Waals surface area (Å²) in [5, 5.41) is 0. The number of hydrogen-bond donors (Lipinski definition) is 4. The Morgan fingerprint density at radius 1 is 0.909 bits per heavy atom. The molecule has 0 aromatic carbocycles. The van der Waals surface area contributed by atoms with Crippen LogP contribution in [0.4, 0.5) is 0 Å². The first kappa shape index (κ1) is 18.0. The van der Waals surface area contributed by atoms with Crippen LogP contribution in [0, 0.1) is 0 Å². The second kappa shape index (κ2) is 6.62. The molecule has 0 aliphatic heterocycles. The van der Waals surface area contributed by atoms with E-state index in [1.54, 1.807) is 0 Å². The van der Waals surface area contributed by atoms with Gasteiger partial charge < -0.3 is 0 Å². The van der Waals surface area contributed by atoms with E-state index in [0.717, 1.165) is 0 Å². The van der Waals surface area contributed by atoms with Crippen molar-refractivity contribution >= 4 is 60.8 Å². The molecule has 0 bridgehead atoms. The first-order chi connectivity index (χ1) is 4.00. The summed E-state index contributed by atoms with van der Waals surface area (Å²) in [5.74, 6) is 0. The summed E-state index contributed by atoms with van der Waals surface area (Å²) >= 11 is 2.65. The molecule has 0 amide bonds. The van der Waals surface area contributed by atoms with Gasteiger partial charge in [0.1, 0.15) is 0 Å². The molecule has 0 heterocycles. The zero-order chi connectivity index (χ0) is 9.00. The summed E-state index contributed by atoms with van der Waals surface area (Å²) in [6, 6.07) is 0. The Labute approximate surface area is 90.6 Å². The summed E-state index contributed by atoms with van der Waals surface area (Å²) < 4.78 is 57.0. The molecule has 0 saturated heterocycles. The predicted octanol–water partition coefficient (Wildman–Crippen LogP) is -1.58. The van der Waals surface area contributed by atoms with Crippen LogP contribution in [-0.4, -0.2) is 60.1 Å².